The van der Waals surface area contributed by atoms with Crippen molar-refractivity contribution in [3.05, 3.63) is 53.6 Å². The molecule has 1 aromatic carbocycles. The van der Waals surface area contributed by atoms with E-state index in [-0.39, 0.29) is 17.8 Å². The number of urea groups is 1. The highest BCUT2D eigenvalue weighted by Crippen LogP contribution is 2.19. The molecule has 0 atom stereocenters. The van der Waals surface area contributed by atoms with E-state index in [0.717, 1.165) is 0 Å². The summed E-state index contributed by atoms with van der Waals surface area (Å²) in [5.74, 6) is -1.08. The number of anilines is 1. The van der Waals surface area contributed by atoms with Gasteiger partial charge in [-0.2, -0.15) is 0 Å². The summed E-state index contributed by atoms with van der Waals surface area (Å²) in [6.07, 6.45) is 2.96. The molecule has 108 valence electrons. The third kappa shape index (κ3) is 3.75. The highest BCUT2D eigenvalue weighted by Gasteiger charge is 2.14. The van der Waals surface area contributed by atoms with E-state index in [1.54, 1.807) is 37.4 Å². The predicted octanol–water partition coefficient (Wildman–Crippen LogP) is 1.80. The molecular weight excluding hydrogens is 272 g/mol. The standard InChI is InChI=1S/C14H14N4O3/c1-9-3-2-4-11(12(9)13(19)20)18-14(21)16-7-10-5-6-15-8-17-10/h2-6,8H,7H2,1H3,(H,19,20)(H2,16,18,21). The maximum Gasteiger partial charge on any atom is 0.338 e. The smallest absolute Gasteiger partial charge is 0.338 e. The number of nitrogens with zero attached hydrogens (tertiary/aromatic N) is 2. The number of hydrogen-bond donors (Lipinski definition) is 3. The molecule has 7 nitrogen and oxygen atoms in total. The number of carbonyl (C=O) groups is 2. The second kappa shape index (κ2) is 6.47. The Hall–Kier alpha value is -2.96. The highest BCUT2D eigenvalue weighted by atomic mass is 16.4. The van der Waals surface area contributed by atoms with Crippen molar-refractivity contribution >= 4 is 17.7 Å². The zero-order valence-electron chi connectivity index (χ0n) is 11.3. The Kier molecular flexibility index (Phi) is 4.45. The van der Waals surface area contributed by atoms with E-state index in [1.807, 2.05) is 0 Å². The first kappa shape index (κ1) is 14.4. The van der Waals surface area contributed by atoms with Gasteiger partial charge in [-0.15, -0.1) is 0 Å². The number of rotatable bonds is 4. The molecule has 0 saturated heterocycles. The van der Waals surface area contributed by atoms with E-state index in [1.165, 1.54) is 6.33 Å². The van der Waals surface area contributed by atoms with Gasteiger partial charge >= 0.3 is 12.0 Å². The lowest BCUT2D eigenvalue weighted by Gasteiger charge is -2.11. The normalized spacial score (nSPS) is 9.95. The van der Waals surface area contributed by atoms with Gasteiger partial charge in [-0.25, -0.2) is 19.6 Å². The maximum atomic E-state index is 11.8. The fourth-order valence-corrected chi connectivity index (χ4v) is 1.82. The highest BCUT2D eigenvalue weighted by molar-refractivity contribution is 6.01. The second-order valence-corrected chi connectivity index (χ2v) is 4.31. The molecule has 0 aliphatic heterocycles. The Morgan fingerprint density at radius 1 is 1.29 bits per heavy atom. The zero-order chi connectivity index (χ0) is 15.2. The van der Waals surface area contributed by atoms with Crippen molar-refractivity contribution in [3.63, 3.8) is 0 Å². The Bertz CT molecular complexity index is 659. The molecule has 0 saturated carbocycles. The number of aromatic nitrogens is 2. The largest absolute Gasteiger partial charge is 0.478 e. The van der Waals surface area contributed by atoms with Gasteiger partial charge < -0.3 is 15.7 Å². The molecule has 3 N–H and O–H groups in total. The molecule has 2 aromatic rings. The second-order valence-electron chi connectivity index (χ2n) is 4.31. The third-order valence-corrected chi connectivity index (χ3v) is 2.81. The van der Waals surface area contributed by atoms with Crippen LogP contribution >= 0.6 is 0 Å². The lowest BCUT2D eigenvalue weighted by molar-refractivity contribution is 0.0697. The number of carboxylic acid groups (broad SMARTS) is 1. The SMILES string of the molecule is Cc1cccc(NC(=O)NCc2ccncn2)c1C(=O)O. The van der Waals surface area contributed by atoms with Gasteiger partial charge in [0.25, 0.3) is 0 Å². The van der Waals surface area contributed by atoms with Crippen molar-refractivity contribution in [1.82, 2.24) is 15.3 Å². The van der Waals surface area contributed by atoms with E-state index in [2.05, 4.69) is 20.6 Å². The van der Waals surface area contributed by atoms with E-state index in [0.29, 0.717) is 11.3 Å². The van der Waals surface area contributed by atoms with Crippen LogP contribution in [0.15, 0.2) is 36.8 Å². The quantitative estimate of drug-likeness (QED) is 0.795. The average molecular weight is 286 g/mol. The minimum atomic E-state index is -1.08. The molecule has 0 fully saturated rings. The van der Waals surface area contributed by atoms with Gasteiger partial charge in [0.05, 0.1) is 23.5 Å². The van der Waals surface area contributed by atoms with Crippen LogP contribution < -0.4 is 10.6 Å². The van der Waals surface area contributed by atoms with Crippen LogP contribution in [0.25, 0.3) is 0 Å². The van der Waals surface area contributed by atoms with Crippen molar-refractivity contribution < 1.29 is 14.7 Å². The molecule has 0 bridgehead atoms. The van der Waals surface area contributed by atoms with Crippen LogP contribution in [0, 0.1) is 6.92 Å². The summed E-state index contributed by atoms with van der Waals surface area (Å²) in [6.45, 7) is 1.90. The summed E-state index contributed by atoms with van der Waals surface area (Å²) in [5.41, 5.74) is 1.57. The molecule has 0 unspecified atom stereocenters. The predicted molar refractivity (Wildman–Crippen MR) is 76.0 cm³/mol. The van der Waals surface area contributed by atoms with Gasteiger partial charge in [-0.05, 0) is 24.6 Å². The monoisotopic (exact) mass is 286 g/mol. The minimum absolute atomic E-state index is 0.0784. The molecular formula is C14H14N4O3. The number of nitrogens with one attached hydrogen (secondary N) is 2. The first-order valence-electron chi connectivity index (χ1n) is 6.20. The molecule has 1 heterocycles. The number of aryl methyl sites for hydroxylation is 1. The van der Waals surface area contributed by atoms with Crippen molar-refractivity contribution in [2.24, 2.45) is 0 Å². The summed E-state index contributed by atoms with van der Waals surface area (Å²) in [7, 11) is 0. The summed E-state index contributed by atoms with van der Waals surface area (Å²) in [4.78, 5) is 30.8. The van der Waals surface area contributed by atoms with Gasteiger partial charge in [-0.1, -0.05) is 12.1 Å². The maximum absolute atomic E-state index is 11.8. The Labute approximate surface area is 121 Å². The molecule has 1 aromatic heterocycles. The first-order valence-corrected chi connectivity index (χ1v) is 6.20. The van der Waals surface area contributed by atoms with Gasteiger partial charge in [0, 0.05) is 6.20 Å². The van der Waals surface area contributed by atoms with E-state index in [4.69, 9.17) is 0 Å². The van der Waals surface area contributed by atoms with Crippen LogP contribution in [0.2, 0.25) is 0 Å². The zero-order valence-corrected chi connectivity index (χ0v) is 11.3. The van der Waals surface area contributed by atoms with Gasteiger partial charge in [0.2, 0.25) is 0 Å². The van der Waals surface area contributed by atoms with Gasteiger partial charge in [-0.3, -0.25) is 0 Å². The number of benzene rings is 1. The number of amides is 2. The van der Waals surface area contributed by atoms with Crippen LogP contribution in [0.4, 0.5) is 10.5 Å². The Balaban J connectivity index is 2.03. The van der Waals surface area contributed by atoms with Gasteiger partial charge in [0.1, 0.15) is 6.33 Å². The fraction of sp³-hybridized carbons (Fsp3) is 0.143. The Morgan fingerprint density at radius 3 is 2.76 bits per heavy atom. The fourth-order valence-electron chi connectivity index (χ4n) is 1.82. The summed E-state index contributed by atoms with van der Waals surface area (Å²) < 4.78 is 0. The summed E-state index contributed by atoms with van der Waals surface area (Å²) >= 11 is 0. The first-order chi connectivity index (χ1) is 10.1. The topological polar surface area (TPSA) is 104 Å². The molecule has 7 heteroatoms. The lowest BCUT2D eigenvalue weighted by Crippen LogP contribution is -2.29. The summed E-state index contributed by atoms with van der Waals surface area (Å²) in [5, 5.41) is 14.3. The molecule has 21 heavy (non-hydrogen) atoms. The molecule has 2 amide bonds. The van der Waals surface area contributed by atoms with Gasteiger partial charge in [0.15, 0.2) is 0 Å². The molecule has 0 aliphatic rings. The van der Waals surface area contributed by atoms with Crippen LogP contribution in [-0.4, -0.2) is 27.1 Å². The number of carbonyl (C=O) groups excluding carboxylic acids is 1. The number of carboxylic acids is 1. The van der Waals surface area contributed by atoms with Crippen LogP contribution in [-0.2, 0) is 6.54 Å². The van der Waals surface area contributed by atoms with Crippen molar-refractivity contribution in [3.8, 4) is 0 Å². The molecule has 2 rings (SSSR count). The molecule has 0 spiro atoms. The third-order valence-electron chi connectivity index (χ3n) is 2.81. The van der Waals surface area contributed by atoms with Crippen LogP contribution in [0.3, 0.4) is 0 Å². The van der Waals surface area contributed by atoms with Crippen LogP contribution in [0.5, 0.6) is 0 Å². The average Bonchev–Trinajstić information content (AvgIpc) is 2.46. The van der Waals surface area contributed by atoms with Crippen molar-refractivity contribution in [2.75, 3.05) is 5.32 Å². The van der Waals surface area contributed by atoms with Crippen LogP contribution in [0.1, 0.15) is 21.6 Å². The van der Waals surface area contributed by atoms with E-state index >= 15 is 0 Å². The Morgan fingerprint density at radius 2 is 2.10 bits per heavy atom. The van der Waals surface area contributed by atoms with E-state index in [9.17, 15) is 14.7 Å². The van der Waals surface area contributed by atoms with E-state index < -0.39 is 12.0 Å². The van der Waals surface area contributed by atoms with Crippen molar-refractivity contribution in [1.29, 1.82) is 0 Å². The summed E-state index contributed by atoms with van der Waals surface area (Å²) in [6, 6.07) is 6.08. The lowest BCUT2D eigenvalue weighted by atomic mass is 10.1. The van der Waals surface area contributed by atoms with Crippen molar-refractivity contribution in [2.45, 2.75) is 13.5 Å². The molecule has 0 radical (unpaired) electrons. The molecule has 0 aliphatic carbocycles. The number of aromatic carboxylic acids is 1. The number of hydrogen-bond acceptors (Lipinski definition) is 4. The minimum Gasteiger partial charge on any atom is -0.478 e.